The molecule has 11 heavy (non-hydrogen) atoms. The average Bonchev–Trinajstić information content (AvgIpc) is 2.03. The van der Waals surface area contributed by atoms with Crippen LogP contribution >= 0.6 is 0 Å². The molecule has 0 radical (unpaired) electrons. The minimum atomic E-state index is 0.156. The second-order valence-electron chi connectivity index (χ2n) is 2.50. The van der Waals surface area contributed by atoms with Gasteiger partial charge in [-0.25, -0.2) is 0 Å². The normalized spacial score (nSPS) is 11.8. The summed E-state index contributed by atoms with van der Waals surface area (Å²) in [4.78, 5) is 0. The first-order valence-corrected chi connectivity index (χ1v) is 4.32. The summed E-state index contributed by atoms with van der Waals surface area (Å²) in [5.41, 5.74) is 0. The molecule has 0 heterocycles. The number of unbranched alkanes of at least 4 members (excludes halogenated alkanes) is 2. The molecule has 0 aliphatic carbocycles. The van der Waals surface area contributed by atoms with E-state index in [4.69, 9.17) is 5.11 Å². The molecule has 0 fully saturated rings. The highest BCUT2D eigenvalue weighted by molar-refractivity contribution is 4.92. The topological polar surface area (TPSA) is 20.2 Å². The molecule has 0 aromatic rings. The van der Waals surface area contributed by atoms with Crippen molar-refractivity contribution in [1.29, 1.82) is 0 Å². The fraction of sp³-hybridized carbons (Fsp3) is 0.600. The SMILES string of the molecule is CCCC/C=C\C/C=C/CO. The number of allylic oxidation sites excluding steroid dienone is 3. The summed E-state index contributed by atoms with van der Waals surface area (Å²) in [5.74, 6) is 0. The first-order valence-electron chi connectivity index (χ1n) is 4.32. The lowest BCUT2D eigenvalue weighted by Gasteiger charge is -1.86. The molecule has 1 N–H and O–H groups in total. The molecule has 0 aromatic carbocycles. The van der Waals surface area contributed by atoms with E-state index in [9.17, 15) is 0 Å². The molecule has 0 saturated heterocycles. The van der Waals surface area contributed by atoms with Crippen molar-refractivity contribution in [3.05, 3.63) is 24.3 Å². The minimum absolute atomic E-state index is 0.156. The van der Waals surface area contributed by atoms with Gasteiger partial charge in [0.15, 0.2) is 0 Å². The molecule has 1 heteroatoms. The van der Waals surface area contributed by atoms with Crippen LogP contribution in [0.4, 0.5) is 0 Å². The van der Waals surface area contributed by atoms with E-state index in [1.54, 1.807) is 6.08 Å². The highest BCUT2D eigenvalue weighted by Crippen LogP contribution is 1.96. The first-order chi connectivity index (χ1) is 5.41. The summed E-state index contributed by atoms with van der Waals surface area (Å²) in [6.07, 6.45) is 12.8. The Hall–Kier alpha value is -0.560. The molecule has 0 amide bonds. The number of rotatable bonds is 6. The standard InChI is InChI=1S/C10H18O/c1-2-3-4-5-6-7-8-9-10-11/h5-6,8-9,11H,2-4,7,10H2,1H3/b6-5-,9-8+. The Morgan fingerprint density at radius 1 is 1.09 bits per heavy atom. The van der Waals surface area contributed by atoms with Crippen molar-refractivity contribution in [1.82, 2.24) is 0 Å². The van der Waals surface area contributed by atoms with Crippen LogP contribution in [-0.2, 0) is 0 Å². The van der Waals surface area contributed by atoms with E-state index >= 15 is 0 Å². The highest BCUT2D eigenvalue weighted by atomic mass is 16.2. The number of aliphatic hydroxyl groups excluding tert-OH is 1. The third kappa shape index (κ3) is 9.44. The second kappa shape index (κ2) is 9.44. The Morgan fingerprint density at radius 3 is 2.45 bits per heavy atom. The van der Waals surface area contributed by atoms with E-state index < -0.39 is 0 Å². The van der Waals surface area contributed by atoms with Gasteiger partial charge in [-0.05, 0) is 12.8 Å². The maximum absolute atomic E-state index is 8.40. The van der Waals surface area contributed by atoms with Gasteiger partial charge in [0, 0.05) is 0 Å². The smallest absolute Gasteiger partial charge is 0.0612 e. The zero-order valence-electron chi connectivity index (χ0n) is 7.29. The van der Waals surface area contributed by atoms with E-state index in [0.29, 0.717) is 0 Å². The molecule has 0 unspecified atom stereocenters. The van der Waals surface area contributed by atoms with Gasteiger partial charge in [0.05, 0.1) is 6.61 Å². The van der Waals surface area contributed by atoms with Crippen LogP contribution < -0.4 is 0 Å². The zero-order chi connectivity index (χ0) is 8.36. The molecule has 0 aliphatic heterocycles. The van der Waals surface area contributed by atoms with Crippen molar-refractivity contribution in [3.63, 3.8) is 0 Å². The minimum Gasteiger partial charge on any atom is -0.392 e. The van der Waals surface area contributed by atoms with Gasteiger partial charge in [-0.15, -0.1) is 0 Å². The molecule has 0 atom stereocenters. The van der Waals surface area contributed by atoms with Gasteiger partial charge in [-0.1, -0.05) is 44.1 Å². The molecular formula is C10H18O. The van der Waals surface area contributed by atoms with Crippen molar-refractivity contribution in [2.45, 2.75) is 32.6 Å². The molecule has 0 aromatic heterocycles. The van der Waals surface area contributed by atoms with Crippen LogP contribution in [-0.4, -0.2) is 11.7 Å². The zero-order valence-corrected chi connectivity index (χ0v) is 7.29. The second-order valence-corrected chi connectivity index (χ2v) is 2.50. The van der Waals surface area contributed by atoms with Crippen molar-refractivity contribution in [3.8, 4) is 0 Å². The van der Waals surface area contributed by atoms with Crippen LogP contribution in [0, 0.1) is 0 Å². The Kier molecular flexibility index (Phi) is 8.96. The molecule has 64 valence electrons. The predicted molar refractivity (Wildman–Crippen MR) is 49.5 cm³/mol. The molecule has 0 aliphatic rings. The maximum atomic E-state index is 8.40. The van der Waals surface area contributed by atoms with Crippen molar-refractivity contribution in [2.75, 3.05) is 6.61 Å². The maximum Gasteiger partial charge on any atom is 0.0612 e. The van der Waals surface area contributed by atoms with Gasteiger partial charge in [-0.2, -0.15) is 0 Å². The molecule has 0 spiro atoms. The van der Waals surface area contributed by atoms with E-state index in [0.717, 1.165) is 6.42 Å². The Balaban J connectivity index is 3.09. The lowest BCUT2D eigenvalue weighted by molar-refractivity contribution is 0.342. The summed E-state index contributed by atoms with van der Waals surface area (Å²) >= 11 is 0. The summed E-state index contributed by atoms with van der Waals surface area (Å²) in [5, 5.41) is 8.40. The fourth-order valence-electron chi connectivity index (χ4n) is 0.785. The van der Waals surface area contributed by atoms with Crippen molar-refractivity contribution < 1.29 is 5.11 Å². The van der Waals surface area contributed by atoms with Gasteiger partial charge in [-0.3, -0.25) is 0 Å². The van der Waals surface area contributed by atoms with E-state index in [2.05, 4.69) is 19.1 Å². The largest absolute Gasteiger partial charge is 0.392 e. The van der Waals surface area contributed by atoms with Crippen molar-refractivity contribution >= 4 is 0 Å². The Morgan fingerprint density at radius 2 is 1.82 bits per heavy atom. The highest BCUT2D eigenvalue weighted by Gasteiger charge is 1.76. The third-order valence-electron chi connectivity index (χ3n) is 1.44. The Labute approximate surface area is 69.4 Å². The van der Waals surface area contributed by atoms with Gasteiger partial charge < -0.3 is 5.11 Å². The van der Waals surface area contributed by atoms with Crippen LogP contribution in [0.1, 0.15) is 32.6 Å². The van der Waals surface area contributed by atoms with E-state index in [1.807, 2.05) is 6.08 Å². The van der Waals surface area contributed by atoms with Crippen LogP contribution in [0.15, 0.2) is 24.3 Å². The van der Waals surface area contributed by atoms with Crippen LogP contribution in [0.25, 0.3) is 0 Å². The number of hydrogen-bond donors (Lipinski definition) is 1. The van der Waals surface area contributed by atoms with Gasteiger partial charge in [0.1, 0.15) is 0 Å². The monoisotopic (exact) mass is 154 g/mol. The molecule has 0 bridgehead atoms. The molecule has 1 nitrogen and oxygen atoms in total. The molecule has 0 rings (SSSR count). The average molecular weight is 154 g/mol. The van der Waals surface area contributed by atoms with Crippen LogP contribution in [0.3, 0.4) is 0 Å². The molecule has 0 saturated carbocycles. The van der Waals surface area contributed by atoms with Crippen LogP contribution in [0.2, 0.25) is 0 Å². The lowest BCUT2D eigenvalue weighted by atomic mass is 10.2. The summed E-state index contributed by atoms with van der Waals surface area (Å²) in [7, 11) is 0. The van der Waals surface area contributed by atoms with Gasteiger partial charge in [0.25, 0.3) is 0 Å². The van der Waals surface area contributed by atoms with Crippen molar-refractivity contribution in [2.24, 2.45) is 0 Å². The fourth-order valence-corrected chi connectivity index (χ4v) is 0.785. The molecular weight excluding hydrogens is 136 g/mol. The summed E-state index contributed by atoms with van der Waals surface area (Å²) in [6.45, 7) is 2.35. The van der Waals surface area contributed by atoms with Gasteiger partial charge >= 0.3 is 0 Å². The van der Waals surface area contributed by atoms with Gasteiger partial charge in [0.2, 0.25) is 0 Å². The lowest BCUT2D eigenvalue weighted by Crippen LogP contribution is -1.70. The summed E-state index contributed by atoms with van der Waals surface area (Å²) in [6, 6.07) is 0. The van der Waals surface area contributed by atoms with E-state index in [1.165, 1.54) is 19.3 Å². The quantitative estimate of drug-likeness (QED) is 0.460. The van der Waals surface area contributed by atoms with E-state index in [-0.39, 0.29) is 6.61 Å². The Bertz CT molecular complexity index is 114. The summed E-state index contributed by atoms with van der Waals surface area (Å²) < 4.78 is 0. The third-order valence-corrected chi connectivity index (χ3v) is 1.44. The van der Waals surface area contributed by atoms with Crippen LogP contribution in [0.5, 0.6) is 0 Å². The predicted octanol–water partition coefficient (Wildman–Crippen LogP) is 2.67. The number of aliphatic hydroxyl groups is 1. The first kappa shape index (κ1) is 10.4. The number of hydrogen-bond acceptors (Lipinski definition) is 1.